The number of benzene rings is 1. The van der Waals surface area contributed by atoms with Crippen LogP contribution in [0.2, 0.25) is 0 Å². The van der Waals surface area contributed by atoms with Crippen molar-refractivity contribution < 1.29 is 13.6 Å². The summed E-state index contributed by atoms with van der Waals surface area (Å²) in [5.41, 5.74) is 0.653. The Morgan fingerprint density at radius 2 is 2.18 bits per heavy atom. The summed E-state index contributed by atoms with van der Waals surface area (Å²) >= 11 is 6.42. The molecule has 1 aliphatic rings. The summed E-state index contributed by atoms with van der Waals surface area (Å²) in [6.07, 6.45) is 1.66. The summed E-state index contributed by atoms with van der Waals surface area (Å²) in [7, 11) is 0. The van der Waals surface area contributed by atoms with Crippen molar-refractivity contribution in [1.29, 1.82) is 0 Å². The average molecular weight is 333 g/mol. The van der Waals surface area contributed by atoms with Crippen LogP contribution in [0.5, 0.6) is 0 Å². The van der Waals surface area contributed by atoms with E-state index in [1.54, 1.807) is 35.2 Å². The number of thiocarbonyl (C=S) groups is 1. The van der Waals surface area contributed by atoms with Crippen LogP contribution < -0.4 is 0 Å². The predicted molar refractivity (Wildman–Crippen MR) is 89.7 cm³/mol. The van der Waals surface area contributed by atoms with Crippen molar-refractivity contribution in [3.8, 4) is 11.3 Å². The van der Waals surface area contributed by atoms with Gasteiger partial charge in [0, 0.05) is 18.2 Å². The summed E-state index contributed by atoms with van der Waals surface area (Å²) in [5.74, 6) is 0.660. The maximum atomic E-state index is 13.2. The number of furan rings is 1. The first-order valence-corrected chi connectivity index (χ1v) is 7.92. The Morgan fingerprint density at radius 1 is 1.36 bits per heavy atom. The Kier molecular flexibility index (Phi) is 4.13. The van der Waals surface area contributed by atoms with Gasteiger partial charge in [0.1, 0.15) is 21.7 Å². The SMILES string of the molecule is CCN1C(=O)/C(=C\c2ccc(-c3cccc(F)c3)o2)SC1=S. The Morgan fingerprint density at radius 3 is 2.86 bits per heavy atom. The van der Waals surface area contributed by atoms with Crippen LogP contribution in [0.25, 0.3) is 17.4 Å². The Balaban J connectivity index is 1.88. The minimum atomic E-state index is -0.320. The molecule has 1 amide bonds. The summed E-state index contributed by atoms with van der Waals surface area (Å²) in [6, 6.07) is 9.67. The molecule has 3 rings (SSSR count). The zero-order valence-corrected chi connectivity index (χ0v) is 13.3. The van der Waals surface area contributed by atoms with Crippen molar-refractivity contribution >= 4 is 40.3 Å². The van der Waals surface area contributed by atoms with Gasteiger partial charge in [0.2, 0.25) is 0 Å². The first kappa shape index (κ1) is 15.0. The molecular weight excluding hydrogens is 321 g/mol. The molecule has 112 valence electrons. The molecule has 1 aromatic heterocycles. The second-order valence-electron chi connectivity index (χ2n) is 4.64. The minimum absolute atomic E-state index is 0.110. The fourth-order valence-electron chi connectivity index (χ4n) is 2.13. The molecule has 2 aromatic rings. The van der Waals surface area contributed by atoms with Gasteiger partial charge in [-0.05, 0) is 31.2 Å². The second kappa shape index (κ2) is 6.06. The maximum Gasteiger partial charge on any atom is 0.266 e. The van der Waals surface area contributed by atoms with Crippen LogP contribution in [0.3, 0.4) is 0 Å². The number of halogens is 1. The van der Waals surface area contributed by atoms with Gasteiger partial charge in [-0.3, -0.25) is 9.69 Å². The van der Waals surface area contributed by atoms with Crippen LogP contribution in [0.1, 0.15) is 12.7 Å². The van der Waals surface area contributed by atoms with Crippen LogP contribution in [-0.4, -0.2) is 21.7 Å². The molecule has 1 aliphatic heterocycles. The van der Waals surface area contributed by atoms with E-state index in [0.717, 1.165) is 0 Å². The van der Waals surface area contributed by atoms with E-state index in [1.165, 1.54) is 23.9 Å². The van der Waals surface area contributed by atoms with Gasteiger partial charge in [0.15, 0.2) is 0 Å². The van der Waals surface area contributed by atoms with E-state index in [4.69, 9.17) is 16.6 Å². The van der Waals surface area contributed by atoms with E-state index in [-0.39, 0.29) is 11.7 Å². The van der Waals surface area contributed by atoms with Gasteiger partial charge in [-0.25, -0.2) is 4.39 Å². The van der Waals surface area contributed by atoms with E-state index < -0.39 is 0 Å². The van der Waals surface area contributed by atoms with Crippen molar-refractivity contribution in [1.82, 2.24) is 4.90 Å². The molecule has 1 saturated heterocycles. The topological polar surface area (TPSA) is 33.5 Å². The minimum Gasteiger partial charge on any atom is -0.457 e. The highest BCUT2D eigenvalue weighted by Gasteiger charge is 2.30. The summed E-state index contributed by atoms with van der Waals surface area (Å²) in [4.78, 5) is 14.2. The van der Waals surface area contributed by atoms with Crippen LogP contribution in [0, 0.1) is 5.82 Å². The zero-order chi connectivity index (χ0) is 15.7. The average Bonchev–Trinajstić information content (AvgIpc) is 3.05. The Bertz CT molecular complexity index is 782. The second-order valence-corrected chi connectivity index (χ2v) is 6.31. The lowest BCUT2D eigenvalue weighted by atomic mass is 10.2. The largest absolute Gasteiger partial charge is 0.457 e. The number of thioether (sulfide) groups is 1. The number of hydrogen-bond acceptors (Lipinski definition) is 4. The number of rotatable bonds is 3. The summed E-state index contributed by atoms with van der Waals surface area (Å²) < 4.78 is 19.5. The molecule has 0 aliphatic carbocycles. The van der Waals surface area contributed by atoms with Gasteiger partial charge < -0.3 is 4.42 Å². The Hall–Kier alpha value is -1.92. The molecule has 3 nitrogen and oxygen atoms in total. The lowest BCUT2D eigenvalue weighted by molar-refractivity contribution is -0.121. The van der Waals surface area contributed by atoms with E-state index >= 15 is 0 Å². The smallest absolute Gasteiger partial charge is 0.266 e. The molecule has 22 heavy (non-hydrogen) atoms. The number of amides is 1. The van der Waals surface area contributed by atoms with Crippen molar-refractivity contribution in [3.63, 3.8) is 0 Å². The van der Waals surface area contributed by atoms with E-state index in [9.17, 15) is 9.18 Å². The fourth-order valence-corrected chi connectivity index (χ4v) is 3.49. The van der Waals surface area contributed by atoms with Gasteiger partial charge in [0.05, 0.1) is 4.91 Å². The molecule has 0 N–H and O–H groups in total. The highest BCUT2D eigenvalue weighted by atomic mass is 32.2. The number of carbonyl (C=O) groups excluding carboxylic acids is 1. The first-order valence-electron chi connectivity index (χ1n) is 6.69. The van der Waals surface area contributed by atoms with Crippen LogP contribution >= 0.6 is 24.0 Å². The molecule has 0 saturated carbocycles. The van der Waals surface area contributed by atoms with Gasteiger partial charge in [-0.15, -0.1) is 0 Å². The first-order chi connectivity index (χ1) is 10.6. The van der Waals surface area contributed by atoms with Crippen LogP contribution in [0.4, 0.5) is 4.39 Å². The third-order valence-corrected chi connectivity index (χ3v) is 4.58. The molecule has 0 bridgehead atoms. The standard InChI is InChI=1S/C16H12FNO2S2/c1-2-18-15(19)14(22-16(18)21)9-12-6-7-13(20-12)10-4-3-5-11(17)8-10/h3-9H,2H2,1H3/b14-9+. The fraction of sp³-hybridized carbons (Fsp3) is 0.125. The van der Waals surface area contributed by atoms with Crippen LogP contribution in [0.15, 0.2) is 45.7 Å². The number of nitrogens with zero attached hydrogens (tertiary/aromatic N) is 1. The lowest BCUT2D eigenvalue weighted by Crippen LogP contribution is -2.27. The molecule has 0 atom stereocenters. The van der Waals surface area contributed by atoms with Crippen molar-refractivity contribution in [3.05, 3.63) is 52.9 Å². The van der Waals surface area contributed by atoms with E-state index in [2.05, 4.69) is 0 Å². The van der Waals surface area contributed by atoms with Gasteiger partial charge in [-0.1, -0.05) is 36.1 Å². The number of hydrogen-bond donors (Lipinski definition) is 0. The zero-order valence-electron chi connectivity index (χ0n) is 11.7. The maximum absolute atomic E-state index is 13.2. The Labute approximate surface area is 136 Å². The lowest BCUT2D eigenvalue weighted by Gasteiger charge is -2.09. The van der Waals surface area contributed by atoms with E-state index in [0.29, 0.717) is 32.9 Å². The third-order valence-electron chi connectivity index (χ3n) is 3.20. The summed E-state index contributed by atoms with van der Waals surface area (Å²) in [5, 5.41) is 0. The molecule has 0 radical (unpaired) electrons. The monoisotopic (exact) mass is 333 g/mol. The molecule has 6 heteroatoms. The molecular formula is C16H12FNO2S2. The molecule has 1 aromatic carbocycles. The van der Waals surface area contributed by atoms with Crippen LogP contribution in [-0.2, 0) is 4.79 Å². The summed E-state index contributed by atoms with van der Waals surface area (Å²) in [6.45, 7) is 2.43. The normalized spacial score (nSPS) is 16.8. The quantitative estimate of drug-likeness (QED) is 0.619. The van der Waals surface area contributed by atoms with Crippen molar-refractivity contribution in [2.45, 2.75) is 6.92 Å². The molecule has 0 unspecified atom stereocenters. The number of likely N-dealkylation sites (N-methyl/N-ethyl adjacent to an activating group) is 1. The third kappa shape index (κ3) is 2.84. The highest BCUT2D eigenvalue weighted by molar-refractivity contribution is 8.26. The van der Waals surface area contributed by atoms with Crippen molar-refractivity contribution in [2.75, 3.05) is 6.54 Å². The predicted octanol–water partition coefficient (Wildman–Crippen LogP) is 4.31. The number of carbonyl (C=O) groups is 1. The molecule has 1 fully saturated rings. The van der Waals surface area contributed by atoms with Crippen molar-refractivity contribution in [2.24, 2.45) is 0 Å². The van der Waals surface area contributed by atoms with Gasteiger partial charge >= 0.3 is 0 Å². The van der Waals surface area contributed by atoms with Gasteiger partial charge in [-0.2, -0.15) is 0 Å². The van der Waals surface area contributed by atoms with Gasteiger partial charge in [0.25, 0.3) is 5.91 Å². The molecule has 0 spiro atoms. The highest BCUT2D eigenvalue weighted by Crippen LogP contribution is 2.33. The molecule has 2 heterocycles. The van der Waals surface area contributed by atoms with E-state index in [1.807, 2.05) is 6.92 Å².